The number of benzene rings is 2. The molecule has 0 fully saturated rings. The predicted octanol–water partition coefficient (Wildman–Crippen LogP) is 2.54. The molecule has 0 aliphatic heterocycles. The SMILES string of the molecule is CNC(=O)C(Cc1ccc(C#Cc2cc(OC)ccc2Cl)cc1)NC(C)=O. The second-order valence-corrected chi connectivity index (χ2v) is 6.27. The molecule has 0 aliphatic rings. The first-order chi connectivity index (χ1) is 12.9. The van der Waals surface area contributed by atoms with Crippen molar-refractivity contribution < 1.29 is 14.3 Å². The van der Waals surface area contributed by atoms with E-state index in [2.05, 4.69) is 22.5 Å². The number of halogens is 1. The Balaban J connectivity index is 2.14. The van der Waals surface area contributed by atoms with Gasteiger partial charge in [0, 0.05) is 31.5 Å². The van der Waals surface area contributed by atoms with Crippen LogP contribution in [0.25, 0.3) is 0 Å². The van der Waals surface area contributed by atoms with Crippen molar-refractivity contribution in [3.05, 3.63) is 64.2 Å². The number of likely N-dealkylation sites (N-methyl/N-ethyl adjacent to an activating group) is 1. The van der Waals surface area contributed by atoms with Gasteiger partial charge >= 0.3 is 0 Å². The quantitative estimate of drug-likeness (QED) is 0.778. The van der Waals surface area contributed by atoms with E-state index >= 15 is 0 Å². The standard InChI is InChI=1S/C21H21ClN2O3/c1-14(25)24-20(21(26)23-2)12-16-6-4-15(5-7-16)8-9-17-13-18(27-3)10-11-19(17)22/h4-7,10-11,13,20H,12H2,1-3H3,(H,23,26)(H,24,25). The summed E-state index contributed by atoms with van der Waals surface area (Å²) in [6, 6.07) is 12.2. The number of methoxy groups -OCH3 is 1. The van der Waals surface area contributed by atoms with E-state index in [0.717, 1.165) is 11.1 Å². The van der Waals surface area contributed by atoms with Crippen LogP contribution in [-0.2, 0) is 16.0 Å². The fourth-order valence-corrected chi connectivity index (χ4v) is 2.62. The normalized spacial score (nSPS) is 11.0. The number of rotatable bonds is 5. The highest BCUT2D eigenvalue weighted by molar-refractivity contribution is 6.31. The molecule has 1 atom stereocenters. The largest absolute Gasteiger partial charge is 0.497 e. The molecule has 0 bridgehead atoms. The number of hydrogen-bond donors (Lipinski definition) is 2. The number of carbonyl (C=O) groups excluding carboxylic acids is 2. The van der Waals surface area contributed by atoms with Crippen molar-refractivity contribution in [3.63, 3.8) is 0 Å². The first-order valence-electron chi connectivity index (χ1n) is 8.36. The van der Waals surface area contributed by atoms with Crippen LogP contribution in [-0.4, -0.2) is 32.0 Å². The molecule has 1 unspecified atom stereocenters. The van der Waals surface area contributed by atoms with Gasteiger partial charge in [0.15, 0.2) is 0 Å². The molecule has 2 amide bonds. The molecular weight excluding hydrogens is 364 g/mol. The molecule has 2 N–H and O–H groups in total. The van der Waals surface area contributed by atoms with Crippen molar-refractivity contribution in [1.29, 1.82) is 0 Å². The Labute approximate surface area is 164 Å². The zero-order valence-corrected chi connectivity index (χ0v) is 16.2. The van der Waals surface area contributed by atoms with Crippen molar-refractivity contribution in [2.45, 2.75) is 19.4 Å². The molecule has 2 aromatic carbocycles. The first kappa shape index (κ1) is 20.3. The van der Waals surface area contributed by atoms with Gasteiger partial charge in [0.2, 0.25) is 11.8 Å². The minimum absolute atomic E-state index is 0.235. The fraction of sp³-hybridized carbons (Fsp3) is 0.238. The Kier molecular flexibility index (Phi) is 7.27. The van der Waals surface area contributed by atoms with Crippen LogP contribution >= 0.6 is 11.6 Å². The predicted molar refractivity (Wildman–Crippen MR) is 106 cm³/mol. The van der Waals surface area contributed by atoms with E-state index in [1.54, 1.807) is 32.4 Å². The zero-order chi connectivity index (χ0) is 19.8. The second kappa shape index (κ2) is 9.65. The number of nitrogens with one attached hydrogen (secondary N) is 2. The first-order valence-corrected chi connectivity index (χ1v) is 8.74. The highest BCUT2D eigenvalue weighted by Crippen LogP contribution is 2.21. The Morgan fingerprint density at radius 2 is 1.85 bits per heavy atom. The third kappa shape index (κ3) is 6.05. The van der Waals surface area contributed by atoms with Gasteiger partial charge in [-0.25, -0.2) is 0 Å². The van der Waals surface area contributed by atoms with Gasteiger partial charge in [-0.05, 0) is 35.9 Å². The molecule has 5 nitrogen and oxygen atoms in total. The minimum atomic E-state index is -0.611. The van der Waals surface area contributed by atoms with Crippen LogP contribution in [0.4, 0.5) is 0 Å². The van der Waals surface area contributed by atoms with Crippen molar-refractivity contribution in [2.24, 2.45) is 0 Å². The maximum atomic E-state index is 11.9. The lowest BCUT2D eigenvalue weighted by Gasteiger charge is -2.16. The highest BCUT2D eigenvalue weighted by atomic mass is 35.5. The minimum Gasteiger partial charge on any atom is -0.497 e. The van der Waals surface area contributed by atoms with E-state index in [9.17, 15) is 9.59 Å². The monoisotopic (exact) mass is 384 g/mol. The van der Waals surface area contributed by atoms with E-state index in [0.29, 0.717) is 22.8 Å². The smallest absolute Gasteiger partial charge is 0.242 e. The summed E-state index contributed by atoms with van der Waals surface area (Å²) >= 11 is 6.16. The van der Waals surface area contributed by atoms with Crippen molar-refractivity contribution >= 4 is 23.4 Å². The van der Waals surface area contributed by atoms with Crippen LogP contribution in [0, 0.1) is 11.8 Å². The molecule has 0 heterocycles. The van der Waals surface area contributed by atoms with Crippen molar-refractivity contribution in [2.75, 3.05) is 14.2 Å². The van der Waals surface area contributed by atoms with Gasteiger partial charge in [-0.3, -0.25) is 9.59 Å². The fourth-order valence-electron chi connectivity index (χ4n) is 2.46. The lowest BCUT2D eigenvalue weighted by Crippen LogP contribution is -2.46. The summed E-state index contributed by atoms with van der Waals surface area (Å²) in [6.45, 7) is 1.39. The molecule has 0 saturated carbocycles. The molecule has 0 aliphatic carbocycles. The number of carbonyl (C=O) groups is 2. The summed E-state index contributed by atoms with van der Waals surface area (Å²) in [6.07, 6.45) is 0.397. The molecule has 0 aromatic heterocycles. The zero-order valence-electron chi connectivity index (χ0n) is 15.4. The summed E-state index contributed by atoms with van der Waals surface area (Å²) < 4.78 is 5.18. The summed E-state index contributed by atoms with van der Waals surface area (Å²) in [5, 5.41) is 5.77. The van der Waals surface area contributed by atoms with Gasteiger partial charge in [0.05, 0.1) is 12.1 Å². The second-order valence-electron chi connectivity index (χ2n) is 5.86. The van der Waals surface area contributed by atoms with Gasteiger partial charge in [0.1, 0.15) is 11.8 Å². The summed E-state index contributed by atoms with van der Waals surface area (Å²) in [7, 11) is 3.13. The van der Waals surface area contributed by atoms with E-state index in [1.165, 1.54) is 6.92 Å². The number of hydrogen-bond acceptors (Lipinski definition) is 3. The molecule has 27 heavy (non-hydrogen) atoms. The summed E-state index contributed by atoms with van der Waals surface area (Å²) in [4.78, 5) is 23.2. The highest BCUT2D eigenvalue weighted by Gasteiger charge is 2.18. The van der Waals surface area contributed by atoms with E-state index in [1.807, 2.05) is 24.3 Å². The Morgan fingerprint density at radius 3 is 2.44 bits per heavy atom. The average Bonchev–Trinajstić information content (AvgIpc) is 2.67. The molecule has 0 radical (unpaired) electrons. The molecular formula is C21H21ClN2O3. The van der Waals surface area contributed by atoms with Gasteiger partial charge in [-0.15, -0.1) is 0 Å². The summed E-state index contributed by atoms with van der Waals surface area (Å²) in [5.41, 5.74) is 2.42. The Hall–Kier alpha value is -2.97. The van der Waals surface area contributed by atoms with E-state index in [-0.39, 0.29) is 11.8 Å². The van der Waals surface area contributed by atoms with Crippen LogP contribution in [0.1, 0.15) is 23.6 Å². The molecule has 2 aromatic rings. The van der Waals surface area contributed by atoms with Gasteiger partial charge < -0.3 is 15.4 Å². The molecule has 0 spiro atoms. The maximum Gasteiger partial charge on any atom is 0.242 e. The third-order valence-corrected chi connectivity index (χ3v) is 4.18. The molecule has 6 heteroatoms. The molecule has 2 rings (SSSR count). The Morgan fingerprint density at radius 1 is 1.15 bits per heavy atom. The van der Waals surface area contributed by atoms with Crippen LogP contribution in [0.5, 0.6) is 5.75 Å². The van der Waals surface area contributed by atoms with Gasteiger partial charge in [-0.2, -0.15) is 0 Å². The van der Waals surface area contributed by atoms with Crippen LogP contribution in [0.15, 0.2) is 42.5 Å². The van der Waals surface area contributed by atoms with E-state index in [4.69, 9.17) is 16.3 Å². The third-order valence-electron chi connectivity index (χ3n) is 3.85. The van der Waals surface area contributed by atoms with Crippen LogP contribution in [0.3, 0.4) is 0 Å². The lowest BCUT2D eigenvalue weighted by atomic mass is 10.0. The Bertz CT molecular complexity index is 883. The van der Waals surface area contributed by atoms with Crippen molar-refractivity contribution in [3.8, 4) is 17.6 Å². The number of amides is 2. The van der Waals surface area contributed by atoms with Crippen molar-refractivity contribution in [1.82, 2.24) is 10.6 Å². The van der Waals surface area contributed by atoms with Gasteiger partial charge in [0.25, 0.3) is 0 Å². The van der Waals surface area contributed by atoms with Crippen LogP contribution < -0.4 is 15.4 Å². The van der Waals surface area contributed by atoms with Crippen LogP contribution in [0.2, 0.25) is 5.02 Å². The topological polar surface area (TPSA) is 67.4 Å². The number of ether oxygens (including phenoxy) is 1. The average molecular weight is 385 g/mol. The van der Waals surface area contributed by atoms with Gasteiger partial charge in [-0.1, -0.05) is 35.6 Å². The maximum absolute atomic E-state index is 11.9. The lowest BCUT2D eigenvalue weighted by molar-refractivity contribution is -0.127. The molecule has 0 saturated heterocycles. The molecule has 140 valence electrons. The summed E-state index contributed by atoms with van der Waals surface area (Å²) in [5.74, 6) is 6.30. The van der Waals surface area contributed by atoms with E-state index < -0.39 is 6.04 Å².